The van der Waals surface area contributed by atoms with Gasteiger partial charge in [-0.3, -0.25) is 4.98 Å². The maximum Gasteiger partial charge on any atom is 0.123 e. The zero-order valence-electron chi connectivity index (χ0n) is 12.4. The summed E-state index contributed by atoms with van der Waals surface area (Å²) in [6, 6.07) is 4.22. The van der Waals surface area contributed by atoms with Crippen LogP contribution in [-0.4, -0.2) is 11.1 Å². The van der Waals surface area contributed by atoms with E-state index in [-0.39, 0.29) is 0 Å². The highest BCUT2D eigenvalue weighted by Gasteiger charge is 2.19. The molecule has 2 heteroatoms. The van der Waals surface area contributed by atoms with Gasteiger partial charge in [-0.15, -0.1) is 0 Å². The van der Waals surface area contributed by atoms with Crippen molar-refractivity contribution in [2.24, 2.45) is 0 Å². The second-order valence-corrected chi connectivity index (χ2v) is 5.53. The molecule has 19 heavy (non-hydrogen) atoms. The number of hydrogen-bond donors (Lipinski definition) is 0. The van der Waals surface area contributed by atoms with Crippen LogP contribution in [0.4, 0.5) is 0 Å². The van der Waals surface area contributed by atoms with Gasteiger partial charge in [0.1, 0.15) is 11.9 Å². The Bertz CT molecular complexity index is 430. The van der Waals surface area contributed by atoms with Gasteiger partial charge in [0.15, 0.2) is 0 Å². The molecule has 0 aromatic carbocycles. The molecule has 0 radical (unpaired) electrons. The monoisotopic (exact) mass is 259 g/mol. The summed E-state index contributed by atoms with van der Waals surface area (Å²) in [7, 11) is 0. The predicted octanol–water partition coefficient (Wildman–Crippen LogP) is 4.80. The van der Waals surface area contributed by atoms with E-state index in [0.717, 1.165) is 23.6 Å². The van der Waals surface area contributed by atoms with Crippen molar-refractivity contribution in [3.05, 3.63) is 35.2 Å². The molecule has 1 aliphatic rings. The normalized spacial score (nSPS) is 18.3. The molecule has 0 saturated heterocycles. The fourth-order valence-corrected chi connectivity index (χ4v) is 2.65. The Hall–Kier alpha value is -1.31. The van der Waals surface area contributed by atoms with Crippen molar-refractivity contribution in [3.63, 3.8) is 0 Å². The molecule has 1 atom stereocenters. The van der Waals surface area contributed by atoms with Gasteiger partial charge in [-0.05, 0) is 44.9 Å². The van der Waals surface area contributed by atoms with E-state index < -0.39 is 0 Å². The third-order valence-electron chi connectivity index (χ3n) is 3.61. The molecule has 0 N–H and O–H groups in total. The Kier molecular flexibility index (Phi) is 5.00. The predicted molar refractivity (Wildman–Crippen MR) is 79.9 cm³/mol. The van der Waals surface area contributed by atoms with Crippen molar-refractivity contribution in [3.8, 4) is 0 Å². The fraction of sp³-hybridized carbons (Fsp3) is 0.588. The minimum absolute atomic E-state index is 0.389. The Labute approximate surface area is 116 Å². The van der Waals surface area contributed by atoms with Gasteiger partial charge in [0.2, 0.25) is 0 Å². The van der Waals surface area contributed by atoms with Crippen LogP contribution in [0.15, 0.2) is 18.2 Å². The molecule has 1 unspecified atom stereocenters. The summed E-state index contributed by atoms with van der Waals surface area (Å²) in [6.45, 7) is 6.32. The third kappa shape index (κ3) is 4.09. The van der Waals surface area contributed by atoms with Crippen molar-refractivity contribution in [2.45, 2.75) is 65.4 Å². The lowest BCUT2D eigenvalue weighted by atomic mass is 10.1. The summed E-state index contributed by atoms with van der Waals surface area (Å²) in [6.07, 6.45) is 10.1. The molecule has 2 heterocycles. The van der Waals surface area contributed by atoms with Crippen molar-refractivity contribution < 1.29 is 4.74 Å². The van der Waals surface area contributed by atoms with E-state index in [1.807, 2.05) is 13.8 Å². The van der Waals surface area contributed by atoms with Crippen LogP contribution < -0.4 is 0 Å². The van der Waals surface area contributed by atoms with Crippen molar-refractivity contribution >= 4 is 5.76 Å². The molecule has 0 fully saturated rings. The lowest BCUT2D eigenvalue weighted by molar-refractivity contribution is 0.176. The molecule has 0 bridgehead atoms. The number of ether oxygens (including phenoxy) is 1. The van der Waals surface area contributed by atoms with E-state index in [4.69, 9.17) is 4.74 Å². The molecule has 1 aromatic rings. The van der Waals surface area contributed by atoms with Crippen LogP contribution in [0.3, 0.4) is 0 Å². The lowest BCUT2D eigenvalue weighted by Gasteiger charge is -2.13. The number of hydrogen-bond acceptors (Lipinski definition) is 2. The van der Waals surface area contributed by atoms with E-state index in [0.29, 0.717) is 6.10 Å². The van der Waals surface area contributed by atoms with Crippen molar-refractivity contribution in [2.75, 3.05) is 0 Å². The summed E-state index contributed by atoms with van der Waals surface area (Å²) in [5, 5.41) is 0. The quantitative estimate of drug-likeness (QED) is 0.685. The Morgan fingerprint density at radius 1 is 1.16 bits per heavy atom. The van der Waals surface area contributed by atoms with Gasteiger partial charge < -0.3 is 4.74 Å². The zero-order valence-corrected chi connectivity index (χ0v) is 12.4. The summed E-state index contributed by atoms with van der Waals surface area (Å²) >= 11 is 0. The molecular formula is C17H25NO. The molecule has 1 aromatic heterocycles. The summed E-state index contributed by atoms with van der Waals surface area (Å²) in [5.41, 5.74) is 3.30. The Balaban J connectivity index is 1.87. The van der Waals surface area contributed by atoms with Gasteiger partial charge >= 0.3 is 0 Å². The maximum atomic E-state index is 6.07. The first-order valence-corrected chi connectivity index (χ1v) is 7.51. The van der Waals surface area contributed by atoms with Gasteiger partial charge in [-0.2, -0.15) is 0 Å². The van der Waals surface area contributed by atoms with Gasteiger partial charge in [0, 0.05) is 23.4 Å². The minimum Gasteiger partial charge on any atom is -0.490 e. The highest BCUT2D eigenvalue weighted by Crippen LogP contribution is 2.29. The molecule has 0 aliphatic carbocycles. The first kappa shape index (κ1) is 14.1. The van der Waals surface area contributed by atoms with E-state index in [1.165, 1.54) is 37.7 Å². The van der Waals surface area contributed by atoms with E-state index in [2.05, 4.69) is 30.1 Å². The molecular weight excluding hydrogens is 234 g/mol. The first-order valence-electron chi connectivity index (χ1n) is 7.51. The van der Waals surface area contributed by atoms with Gasteiger partial charge in [0.25, 0.3) is 0 Å². The largest absolute Gasteiger partial charge is 0.490 e. The summed E-state index contributed by atoms with van der Waals surface area (Å²) in [5.74, 6) is 1.05. The molecule has 0 spiro atoms. The highest BCUT2D eigenvalue weighted by molar-refractivity contribution is 5.62. The van der Waals surface area contributed by atoms with Crippen LogP contribution >= 0.6 is 0 Å². The second kappa shape index (κ2) is 6.74. The Morgan fingerprint density at radius 2 is 1.89 bits per heavy atom. The van der Waals surface area contributed by atoms with E-state index in [9.17, 15) is 0 Å². The molecule has 104 valence electrons. The molecule has 2 rings (SSSR count). The number of pyridine rings is 1. The highest BCUT2D eigenvalue weighted by atomic mass is 16.5. The van der Waals surface area contributed by atoms with Crippen LogP contribution in [0.1, 0.15) is 62.4 Å². The van der Waals surface area contributed by atoms with Crippen molar-refractivity contribution in [1.82, 2.24) is 4.98 Å². The number of unbranched alkanes of at least 4 members (excludes halogenated alkanes) is 3. The van der Waals surface area contributed by atoms with E-state index >= 15 is 0 Å². The van der Waals surface area contributed by atoms with Crippen molar-refractivity contribution in [1.29, 1.82) is 0 Å². The average molecular weight is 259 g/mol. The number of nitrogens with zero attached hydrogens (tertiary/aromatic N) is 1. The van der Waals surface area contributed by atoms with Crippen LogP contribution in [0.25, 0.3) is 5.76 Å². The van der Waals surface area contributed by atoms with Gasteiger partial charge in [-0.25, -0.2) is 0 Å². The maximum absolute atomic E-state index is 6.07. The molecule has 1 aliphatic heterocycles. The third-order valence-corrected chi connectivity index (χ3v) is 3.61. The fourth-order valence-electron chi connectivity index (χ4n) is 2.65. The number of aromatic nitrogens is 1. The average Bonchev–Trinajstić information content (AvgIpc) is 2.82. The van der Waals surface area contributed by atoms with E-state index in [1.54, 1.807) is 0 Å². The number of rotatable bonds is 6. The second-order valence-electron chi connectivity index (χ2n) is 5.53. The first-order chi connectivity index (χ1) is 9.19. The summed E-state index contributed by atoms with van der Waals surface area (Å²) < 4.78 is 6.07. The molecule has 0 amide bonds. The van der Waals surface area contributed by atoms with Gasteiger partial charge in [-0.1, -0.05) is 26.2 Å². The van der Waals surface area contributed by atoms with Crippen LogP contribution in [0.5, 0.6) is 0 Å². The standard InChI is InChI=1S/C17H25NO/c1-4-5-6-7-8-16-9-10-17(19-16)15-11-13(2)18-14(3)12-15/h10-12,16H,4-9H2,1-3H3. The summed E-state index contributed by atoms with van der Waals surface area (Å²) in [4.78, 5) is 4.41. The lowest BCUT2D eigenvalue weighted by Crippen LogP contribution is -2.05. The topological polar surface area (TPSA) is 22.1 Å². The van der Waals surface area contributed by atoms with Crippen LogP contribution in [0, 0.1) is 13.8 Å². The Morgan fingerprint density at radius 3 is 2.58 bits per heavy atom. The zero-order chi connectivity index (χ0) is 13.7. The van der Waals surface area contributed by atoms with Crippen LogP contribution in [-0.2, 0) is 4.74 Å². The minimum atomic E-state index is 0.389. The molecule has 0 saturated carbocycles. The smallest absolute Gasteiger partial charge is 0.123 e. The number of aryl methyl sites for hydroxylation is 2. The van der Waals surface area contributed by atoms with Crippen LogP contribution in [0.2, 0.25) is 0 Å². The SMILES string of the molecule is CCCCCCC1CC=C(c2cc(C)nc(C)c2)O1. The van der Waals surface area contributed by atoms with Gasteiger partial charge in [0.05, 0.1) is 0 Å². The molecule has 2 nitrogen and oxygen atoms in total.